The van der Waals surface area contributed by atoms with E-state index in [-0.39, 0.29) is 11.9 Å². The van der Waals surface area contributed by atoms with Crippen LogP contribution in [-0.4, -0.2) is 35.5 Å². The molecule has 0 bridgehead atoms. The molecular weight excluding hydrogens is 254 g/mol. The van der Waals surface area contributed by atoms with E-state index in [0.29, 0.717) is 11.1 Å². The van der Waals surface area contributed by atoms with Gasteiger partial charge in [-0.1, -0.05) is 6.42 Å². The third kappa shape index (κ3) is 2.15. The first-order valence-corrected chi connectivity index (χ1v) is 7.88. The highest BCUT2D eigenvalue weighted by Crippen LogP contribution is 2.44. The smallest absolute Gasteiger partial charge is 0.335 e. The van der Waals surface area contributed by atoms with E-state index in [1.165, 1.54) is 12.8 Å². The average Bonchev–Trinajstić information content (AvgIpc) is 2.71. The van der Waals surface area contributed by atoms with Gasteiger partial charge in [-0.3, -0.25) is 4.79 Å². The van der Waals surface area contributed by atoms with Crippen molar-refractivity contribution in [2.75, 3.05) is 13.1 Å². The first kappa shape index (κ1) is 13.7. The number of carbonyl (C=O) groups is 2. The van der Waals surface area contributed by atoms with Gasteiger partial charge in [-0.25, -0.2) is 4.79 Å². The topological polar surface area (TPSA) is 46.6 Å². The number of amides is 1. The summed E-state index contributed by atoms with van der Waals surface area (Å²) < 4.78 is 5.67. The second-order valence-electron chi connectivity index (χ2n) is 6.30. The molecule has 1 saturated carbocycles. The third-order valence-corrected chi connectivity index (χ3v) is 4.94. The van der Waals surface area contributed by atoms with E-state index in [2.05, 4.69) is 0 Å². The zero-order valence-electron chi connectivity index (χ0n) is 12.2. The Kier molecular flexibility index (Phi) is 3.57. The van der Waals surface area contributed by atoms with Crippen LogP contribution in [0, 0.1) is 0 Å². The highest BCUT2D eigenvalue weighted by atomic mass is 16.6. The molecule has 0 radical (unpaired) electrons. The van der Waals surface area contributed by atoms with Crippen LogP contribution in [0.25, 0.3) is 0 Å². The molecule has 0 unspecified atom stereocenters. The van der Waals surface area contributed by atoms with Gasteiger partial charge in [0.25, 0.3) is 5.91 Å². The summed E-state index contributed by atoms with van der Waals surface area (Å²) in [6.07, 6.45) is 8.20. The Morgan fingerprint density at radius 2 is 1.65 bits per heavy atom. The monoisotopic (exact) mass is 277 g/mol. The minimum Gasteiger partial charge on any atom is -0.451 e. The lowest BCUT2D eigenvalue weighted by Gasteiger charge is -2.36. The summed E-state index contributed by atoms with van der Waals surface area (Å²) in [6.45, 7) is 3.39. The first-order valence-electron chi connectivity index (χ1n) is 7.88. The molecule has 3 aliphatic rings. The molecule has 0 aromatic heterocycles. The van der Waals surface area contributed by atoms with Crippen molar-refractivity contribution >= 4 is 11.9 Å². The maximum absolute atomic E-state index is 12.9. The molecule has 110 valence electrons. The average molecular weight is 277 g/mol. The predicted molar refractivity (Wildman–Crippen MR) is 75.0 cm³/mol. The summed E-state index contributed by atoms with van der Waals surface area (Å²) in [5.41, 5.74) is 0.611. The molecule has 1 aliphatic carbocycles. The first-order chi connectivity index (χ1) is 9.64. The Morgan fingerprint density at radius 1 is 1.05 bits per heavy atom. The van der Waals surface area contributed by atoms with Gasteiger partial charge in [0, 0.05) is 18.7 Å². The molecule has 2 heterocycles. The standard InChI is InChI=1S/C16H23NO3/c1-12-13(14(18)17-10-6-3-7-11-17)16(20-15(12)19)8-4-2-5-9-16/h2-11H2,1H3. The molecule has 0 aromatic carbocycles. The Bertz CT molecular complexity index is 454. The minimum atomic E-state index is -0.603. The number of likely N-dealkylation sites (tertiary alicyclic amines) is 1. The summed E-state index contributed by atoms with van der Waals surface area (Å²) in [4.78, 5) is 26.8. The summed E-state index contributed by atoms with van der Waals surface area (Å²) >= 11 is 0. The largest absolute Gasteiger partial charge is 0.451 e. The lowest BCUT2D eigenvalue weighted by molar-refractivity contribution is -0.150. The van der Waals surface area contributed by atoms with Gasteiger partial charge in [0.15, 0.2) is 0 Å². The van der Waals surface area contributed by atoms with Gasteiger partial charge in [-0.15, -0.1) is 0 Å². The zero-order chi connectivity index (χ0) is 14.2. The SMILES string of the molecule is CC1=C(C(=O)N2CCCCC2)C2(CCCCC2)OC1=O. The summed E-state index contributed by atoms with van der Waals surface area (Å²) in [6, 6.07) is 0. The molecule has 3 rings (SSSR count). The zero-order valence-corrected chi connectivity index (χ0v) is 12.2. The number of nitrogens with zero attached hydrogens (tertiary/aromatic N) is 1. The van der Waals surface area contributed by atoms with Crippen molar-refractivity contribution in [1.82, 2.24) is 4.90 Å². The molecule has 4 heteroatoms. The number of esters is 1. The summed E-state index contributed by atoms with van der Waals surface area (Å²) in [7, 11) is 0. The number of hydrogen-bond donors (Lipinski definition) is 0. The minimum absolute atomic E-state index is 0.0509. The predicted octanol–water partition coefficient (Wildman–Crippen LogP) is 2.58. The van der Waals surface area contributed by atoms with Crippen LogP contribution in [-0.2, 0) is 14.3 Å². The van der Waals surface area contributed by atoms with Gasteiger partial charge >= 0.3 is 5.97 Å². The van der Waals surface area contributed by atoms with Crippen LogP contribution in [0.1, 0.15) is 58.3 Å². The quantitative estimate of drug-likeness (QED) is 0.692. The molecule has 1 saturated heterocycles. The van der Waals surface area contributed by atoms with Crippen LogP contribution in [0.15, 0.2) is 11.1 Å². The third-order valence-electron chi connectivity index (χ3n) is 4.94. The van der Waals surface area contributed by atoms with Crippen molar-refractivity contribution < 1.29 is 14.3 Å². The maximum atomic E-state index is 12.9. The van der Waals surface area contributed by atoms with Crippen molar-refractivity contribution in [3.05, 3.63) is 11.1 Å². The van der Waals surface area contributed by atoms with Crippen molar-refractivity contribution in [3.8, 4) is 0 Å². The summed E-state index contributed by atoms with van der Waals surface area (Å²) in [5.74, 6) is -0.234. The van der Waals surface area contributed by atoms with E-state index < -0.39 is 5.60 Å². The van der Waals surface area contributed by atoms with Gasteiger partial charge in [0.1, 0.15) is 5.60 Å². The Balaban J connectivity index is 1.90. The van der Waals surface area contributed by atoms with Crippen molar-refractivity contribution in [1.29, 1.82) is 0 Å². The van der Waals surface area contributed by atoms with Crippen LogP contribution in [0.4, 0.5) is 0 Å². The molecule has 1 amide bonds. The highest BCUT2D eigenvalue weighted by Gasteiger charge is 2.50. The molecule has 0 aromatic rings. The van der Waals surface area contributed by atoms with Gasteiger partial charge in [0.2, 0.25) is 0 Å². The fourth-order valence-electron chi connectivity index (χ4n) is 3.83. The normalized spacial score (nSPS) is 26.1. The number of piperidine rings is 1. The highest BCUT2D eigenvalue weighted by molar-refractivity contribution is 6.07. The van der Waals surface area contributed by atoms with Gasteiger partial charge in [0.05, 0.1) is 5.57 Å². The van der Waals surface area contributed by atoms with Crippen LogP contribution >= 0.6 is 0 Å². The van der Waals surface area contributed by atoms with Crippen LogP contribution in [0.5, 0.6) is 0 Å². The van der Waals surface area contributed by atoms with E-state index in [4.69, 9.17) is 4.74 Å². The van der Waals surface area contributed by atoms with Gasteiger partial charge in [-0.05, 0) is 51.9 Å². The van der Waals surface area contributed by atoms with E-state index in [9.17, 15) is 9.59 Å². The number of carbonyl (C=O) groups excluding carboxylic acids is 2. The Labute approximate surface area is 120 Å². The molecule has 4 nitrogen and oxygen atoms in total. The van der Waals surface area contributed by atoms with E-state index in [1.807, 2.05) is 4.90 Å². The number of hydrogen-bond acceptors (Lipinski definition) is 3. The summed E-state index contributed by atoms with van der Waals surface area (Å²) in [5, 5.41) is 0. The fourth-order valence-corrected chi connectivity index (χ4v) is 3.83. The Hall–Kier alpha value is -1.32. The number of rotatable bonds is 1. The molecule has 0 N–H and O–H groups in total. The number of ether oxygens (including phenoxy) is 1. The van der Waals surface area contributed by atoms with Gasteiger partial charge < -0.3 is 9.64 Å². The molecular formula is C16H23NO3. The van der Waals surface area contributed by atoms with Crippen molar-refractivity contribution in [3.63, 3.8) is 0 Å². The van der Waals surface area contributed by atoms with E-state index in [1.54, 1.807) is 6.92 Å². The van der Waals surface area contributed by atoms with E-state index >= 15 is 0 Å². The lowest BCUT2D eigenvalue weighted by Crippen LogP contribution is -2.44. The Morgan fingerprint density at radius 3 is 2.30 bits per heavy atom. The molecule has 20 heavy (non-hydrogen) atoms. The second kappa shape index (κ2) is 5.23. The van der Waals surface area contributed by atoms with Crippen LogP contribution in [0.2, 0.25) is 0 Å². The molecule has 2 fully saturated rings. The van der Waals surface area contributed by atoms with Crippen LogP contribution < -0.4 is 0 Å². The second-order valence-corrected chi connectivity index (χ2v) is 6.30. The molecule has 2 aliphatic heterocycles. The van der Waals surface area contributed by atoms with Crippen LogP contribution in [0.3, 0.4) is 0 Å². The van der Waals surface area contributed by atoms with Gasteiger partial charge in [-0.2, -0.15) is 0 Å². The molecule has 0 atom stereocenters. The van der Waals surface area contributed by atoms with Crippen molar-refractivity contribution in [2.45, 2.75) is 63.9 Å². The molecule has 1 spiro atoms. The maximum Gasteiger partial charge on any atom is 0.335 e. The lowest BCUT2D eigenvalue weighted by atomic mass is 9.78. The fraction of sp³-hybridized carbons (Fsp3) is 0.750. The van der Waals surface area contributed by atoms with E-state index in [0.717, 1.165) is 51.6 Å². The van der Waals surface area contributed by atoms with Crippen molar-refractivity contribution in [2.24, 2.45) is 0 Å².